The molecule has 0 saturated heterocycles. The Labute approximate surface area is 148 Å². The zero-order chi connectivity index (χ0) is 19.5. The number of nitrogens with one attached hydrogen (secondary N) is 1. The van der Waals surface area contributed by atoms with E-state index in [1.165, 1.54) is 0 Å². The number of ether oxygens (including phenoxy) is 1. The molecule has 0 spiro atoms. The maximum absolute atomic E-state index is 13.2. The number of anilines is 1. The quantitative estimate of drug-likeness (QED) is 0.464. The van der Waals surface area contributed by atoms with Crippen molar-refractivity contribution in [3.63, 3.8) is 0 Å². The predicted molar refractivity (Wildman–Crippen MR) is 83.6 cm³/mol. The Kier molecular flexibility index (Phi) is 5.66. The molecule has 0 aromatic heterocycles. The zero-order valence-electron chi connectivity index (χ0n) is 12.6. The summed E-state index contributed by atoms with van der Waals surface area (Å²) >= 11 is 5.69. The Morgan fingerprint density at radius 3 is 2.58 bits per heavy atom. The van der Waals surface area contributed by atoms with Gasteiger partial charge in [-0.1, -0.05) is 17.7 Å². The molecular weight excluding hydrogens is 384 g/mol. The highest BCUT2D eigenvalue weighted by molar-refractivity contribution is 6.34. The molecule has 2 aromatic carbocycles. The number of benzene rings is 2. The number of amides is 1. The number of halogens is 5. The lowest BCUT2D eigenvalue weighted by Crippen LogP contribution is -2.23. The summed E-state index contributed by atoms with van der Waals surface area (Å²) in [7, 11) is 0. The van der Waals surface area contributed by atoms with Crippen LogP contribution in [0.2, 0.25) is 5.02 Å². The van der Waals surface area contributed by atoms with Crippen LogP contribution in [0.1, 0.15) is 5.56 Å². The molecule has 11 heteroatoms. The summed E-state index contributed by atoms with van der Waals surface area (Å²) < 4.78 is 56.9. The van der Waals surface area contributed by atoms with Crippen LogP contribution in [-0.2, 0) is 11.0 Å². The monoisotopic (exact) mass is 392 g/mol. The van der Waals surface area contributed by atoms with E-state index < -0.39 is 52.1 Å². The lowest BCUT2D eigenvalue weighted by molar-refractivity contribution is -0.385. The van der Waals surface area contributed by atoms with Crippen LogP contribution in [0.15, 0.2) is 36.4 Å². The van der Waals surface area contributed by atoms with E-state index in [2.05, 4.69) is 0 Å². The van der Waals surface area contributed by atoms with Crippen molar-refractivity contribution in [1.82, 2.24) is 0 Å². The van der Waals surface area contributed by atoms with Gasteiger partial charge in [-0.15, -0.1) is 0 Å². The van der Waals surface area contributed by atoms with Gasteiger partial charge in [-0.25, -0.2) is 4.39 Å². The second-order valence-electron chi connectivity index (χ2n) is 4.87. The average molecular weight is 393 g/mol. The molecule has 0 saturated carbocycles. The van der Waals surface area contributed by atoms with Crippen molar-refractivity contribution < 1.29 is 32.0 Å². The van der Waals surface area contributed by atoms with Gasteiger partial charge in [-0.05, 0) is 18.2 Å². The van der Waals surface area contributed by atoms with Crippen LogP contribution in [0, 0.1) is 15.9 Å². The highest BCUT2D eigenvalue weighted by atomic mass is 35.5. The molecule has 0 bridgehead atoms. The van der Waals surface area contributed by atoms with E-state index in [0.717, 1.165) is 30.3 Å². The number of rotatable bonds is 5. The molecule has 0 aliphatic heterocycles. The van der Waals surface area contributed by atoms with Gasteiger partial charge in [0.15, 0.2) is 6.61 Å². The predicted octanol–water partition coefficient (Wildman–Crippen LogP) is 4.42. The van der Waals surface area contributed by atoms with E-state index >= 15 is 0 Å². The number of carbonyl (C=O) groups is 1. The second-order valence-corrected chi connectivity index (χ2v) is 5.27. The summed E-state index contributed by atoms with van der Waals surface area (Å²) in [6.07, 6.45) is -4.77. The minimum atomic E-state index is -4.77. The molecule has 138 valence electrons. The van der Waals surface area contributed by atoms with Crippen LogP contribution in [0.3, 0.4) is 0 Å². The lowest BCUT2D eigenvalue weighted by atomic mass is 10.1. The van der Waals surface area contributed by atoms with Gasteiger partial charge in [-0.2, -0.15) is 13.2 Å². The first-order valence-electron chi connectivity index (χ1n) is 6.82. The molecule has 26 heavy (non-hydrogen) atoms. The van der Waals surface area contributed by atoms with Crippen molar-refractivity contribution in [3.05, 3.63) is 62.9 Å². The van der Waals surface area contributed by atoms with Gasteiger partial charge in [0.05, 0.1) is 21.2 Å². The fraction of sp³-hybridized carbons (Fsp3) is 0.133. The molecule has 0 atom stereocenters. The molecule has 0 fully saturated rings. The summed E-state index contributed by atoms with van der Waals surface area (Å²) in [5.41, 5.74) is -2.45. The molecule has 2 aromatic rings. The van der Waals surface area contributed by atoms with Gasteiger partial charge >= 0.3 is 11.9 Å². The fourth-order valence-electron chi connectivity index (χ4n) is 1.96. The number of para-hydroxylation sites is 1. The second kappa shape index (κ2) is 7.56. The summed E-state index contributed by atoms with van der Waals surface area (Å²) in [4.78, 5) is 21.8. The van der Waals surface area contributed by atoms with E-state index in [-0.39, 0.29) is 5.02 Å². The third-order valence-corrected chi connectivity index (χ3v) is 3.38. The Hall–Kier alpha value is -2.88. The molecule has 0 aliphatic carbocycles. The van der Waals surface area contributed by atoms with Crippen LogP contribution in [-0.4, -0.2) is 17.4 Å². The SMILES string of the molecule is O=C(COc1cc(F)ccc1[N+](=O)[O-])Nc1c(Cl)cccc1C(F)(F)F. The Morgan fingerprint density at radius 1 is 1.27 bits per heavy atom. The van der Waals surface area contributed by atoms with Crippen LogP contribution in [0.5, 0.6) is 5.75 Å². The third kappa shape index (κ3) is 4.60. The molecule has 0 heterocycles. The first-order valence-corrected chi connectivity index (χ1v) is 7.19. The highest BCUT2D eigenvalue weighted by Crippen LogP contribution is 2.38. The normalized spacial score (nSPS) is 11.1. The highest BCUT2D eigenvalue weighted by Gasteiger charge is 2.34. The summed E-state index contributed by atoms with van der Waals surface area (Å²) in [5, 5.41) is 12.4. The Bertz CT molecular complexity index is 858. The van der Waals surface area contributed by atoms with Gasteiger partial charge in [-0.3, -0.25) is 14.9 Å². The van der Waals surface area contributed by atoms with E-state index in [1.807, 2.05) is 5.32 Å². The van der Waals surface area contributed by atoms with Crippen molar-refractivity contribution in [2.24, 2.45) is 0 Å². The Morgan fingerprint density at radius 2 is 1.96 bits per heavy atom. The largest absolute Gasteiger partial charge is 0.477 e. The minimum Gasteiger partial charge on any atom is -0.477 e. The van der Waals surface area contributed by atoms with E-state index in [1.54, 1.807) is 0 Å². The maximum atomic E-state index is 13.2. The molecule has 1 amide bonds. The van der Waals surface area contributed by atoms with Gasteiger partial charge in [0, 0.05) is 12.1 Å². The van der Waals surface area contributed by atoms with E-state index in [0.29, 0.717) is 6.07 Å². The first-order chi connectivity index (χ1) is 12.1. The van der Waals surface area contributed by atoms with Gasteiger partial charge in [0.1, 0.15) is 5.82 Å². The standard InChI is InChI=1S/C15H9ClF4N2O4/c16-10-3-1-2-9(15(18,19)20)14(10)21-13(23)7-26-12-6-8(17)4-5-11(12)22(24)25/h1-6H,7H2,(H,21,23). The zero-order valence-corrected chi connectivity index (χ0v) is 13.4. The number of nitro groups is 1. The molecule has 6 nitrogen and oxygen atoms in total. The smallest absolute Gasteiger partial charge is 0.418 e. The van der Waals surface area contributed by atoms with Crippen LogP contribution in [0.25, 0.3) is 0 Å². The molecule has 2 rings (SSSR count). The van der Waals surface area contributed by atoms with Crippen molar-refractivity contribution in [1.29, 1.82) is 0 Å². The summed E-state index contributed by atoms with van der Waals surface area (Å²) in [5.74, 6) is -2.46. The van der Waals surface area contributed by atoms with Crippen molar-refractivity contribution in [2.45, 2.75) is 6.18 Å². The number of hydrogen-bond acceptors (Lipinski definition) is 4. The number of nitrogens with zero attached hydrogens (tertiary/aromatic N) is 1. The molecular formula is C15H9ClF4N2O4. The fourth-order valence-corrected chi connectivity index (χ4v) is 2.18. The molecule has 0 unspecified atom stereocenters. The van der Waals surface area contributed by atoms with Gasteiger partial charge in [0.25, 0.3) is 5.91 Å². The maximum Gasteiger partial charge on any atom is 0.418 e. The lowest BCUT2D eigenvalue weighted by Gasteiger charge is -2.15. The summed E-state index contributed by atoms with van der Waals surface area (Å²) in [6.45, 7) is -0.896. The van der Waals surface area contributed by atoms with Crippen LogP contribution < -0.4 is 10.1 Å². The van der Waals surface area contributed by atoms with Crippen LogP contribution in [0.4, 0.5) is 28.9 Å². The Balaban J connectivity index is 2.17. The minimum absolute atomic E-state index is 0.357. The number of carbonyl (C=O) groups excluding carboxylic acids is 1. The molecule has 0 radical (unpaired) electrons. The number of hydrogen-bond donors (Lipinski definition) is 1. The van der Waals surface area contributed by atoms with E-state index in [9.17, 15) is 32.5 Å². The third-order valence-electron chi connectivity index (χ3n) is 3.06. The van der Waals surface area contributed by atoms with Crippen molar-refractivity contribution in [3.8, 4) is 5.75 Å². The van der Waals surface area contributed by atoms with Gasteiger partial charge in [0.2, 0.25) is 5.75 Å². The van der Waals surface area contributed by atoms with Crippen LogP contribution >= 0.6 is 11.6 Å². The summed E-state index contributed by atoms with van der Waals surface area (Å²) in [6, 6.07) is 5.27. The number of alkyl halides is 3. The molecule has 0 aliphatic rings. The average Bonchev–Trinajstić information content (AvgIpc) is 2.53. The number of nitro benzene ring substituents is 1. The van der Waals surface area contributed by atoms with Crippen molar-refractivity contribution in [2.75, 3.05) is 11.9 Å². The topological polar surface area (TPSA) is 81.5 Å². The first kappa shape index (κ1) is 19.4. The van der Waals surface area contributed by atoms with Gasteiger partial charge < -0.3 is 10.1 Å². The van der Waals surface area contributed by atoms with E-state index in [4.69, 9.17) is 16.3 Å². The molecule has 1 N–H and O–H groups in total. The van der Waals surface area contributed by atoms with Crippen molar-refractivity contribution >= 4 is 28.9 Å².